The Hall–Kier alpha value is -1.45. The van der Waals surface area contributed by atoms with Gasteiger partial charge in [0, 0.05) is 6.42 Å². The first-order valence-corrected chi connectivity index (χ1v) is 8.16. The summed E-state index contributed by atoms with van der Waals surface area (Å²) in [4.78, 5) is 11.7. The van der Waals surface area contributed by atoms with Gasteiger partial charge in [0.25, 0.3) is 0 Å². The van der Waals surface area contributed by atoms with E-state index in [2.05, 4.69) is 0 Å². The Morgan fingerprint density at radius 3 is 2.30 bits per heavy atom. The maximum atomic E-state index is 11.7. The van der Waals surface area contributed by atoms with Crippen LogP contribution in [0, 0.1) is 0 Å². The molecule has 0 aromatic heterocycles. The lowest BCUT2D eigenvalue weighted by Crippen LogP contribution is -2.20. The molecule has 0 aliphatic rings. The highest BCUT2D eigenvalue weighted by atomic mass is 16.3. The largest absolute Gasteiger partial charge is 0.392 e. The molecular weight excluding hydrogens is 288 g/mol. The molecule has 3 nitrogen and oxygen atoms in total. The third-order valence-electron chi connectivity index (χ3n) is 3.40. The molecule has 0 heterocycles. The Labute approximate surface area is 141 Å². The number of aliphatic hydroxyl groups is 2. The van der Waals surface area contributed by atoms with E-state index in [4.69, 9.17) is 5.11 Å². The van der Waals surface area contributed by atoms with E-state index in [1.54, 1.807) is 25.2 Å². The summed E-state index contributed by atoms with van der Waals surface area (Å²) < 4.78 is 0. The van der Waals surface area contributed by atoms with Gasteiger partial charge in [-0.15, -0.1) is 0 Å². The molecule has 23 heavy (non-hydrogen) atoms. The number of ketones is 1. The van der Waals surface area contributed by atoms with Crippen molar-refractivity contribution >= 4 is 5.78 Å². The molecule has 0 spiro atoms. The fourth-order valence-corrected chi connectivity index (χ4v) is 2.15. The van der Waals surface area contributed by atoms with Gasteiger partial charge >= 0.3 is 0 Å². The zero-order valence-electron chi connectivity index (χ0n) is 15.2. The molecule has 0 saturated carbocycles. The van der Waals surface area contributed by atoms with Gasteiger partial charge in [-0.3, -0.25) is 4.79 Å². The minimum absolute atomic E-state index is 0.0472. The lowest BCUT2D eigenvalue weighted by Gasteiger charge is -2.18. The maximum Gasteiger partial charge on any atom is 0.159 e. The molecule has 2 N–H and O–H groups in total. The number of carbonyl (C=O) groups excluding carboxylic acids is 1. The van der Waals surface area contributed by atoms with Crippen molar-refractivity contribution < 1.29 is 15.0 Å². The molecule has 0 aliphatic carbocycles. The summed E-state index contributed by atoms with van der Waals surface area (Å²) >= 11 is 0. The van der Waals surface area contributed by atoms with Crippen molar-refractivity contribution in [1.29, 1.82) is 0 Å². The Bertz CT molecular complexity index is 487. The van der Waals surface area contributed by atoms with Crippen molar-refractivity contribution in [2.45, 2.75) is 65.9 Å². The summed E-state index contributed by atoms with van der Waals surface area (Å²) in [5, 5.41) is 19.1. The van der Waals surface area contributed by atoms with Crippen LogP contribution in [-0.4, -0.2) is 28.2 Å². The van der Waals surface area contributed by atoms with Crippen molar-refractivity contribution in [2.75, 3.05) is 6.61 Å². The van der Waals surface area contributed by atoms with Crippen LogP contribution in [0.4, 0.5) is 0 Å². The summed E-state index contributed by atoms with van der Waals surface area (Å²) in [5.74, 6) is 0.122. The fourth-order valence-electron chi connectivity index (χ4n) is 2.15. The predicted molar refractivity (Wildman–Crippen MR) is 97.3 cm³/mol. The van der Waals surface area contributed by atoms with Crippen LogP contribution in [0.5, 0.6) is 0 Å². The van der Waals surface area contributed by atoms with Gasteiger partial charge in [-0.1, -0.05) is 41.0 Å². The van der Waals surface area contributed by atoms with Gasteiger partial charge in [-0.2, -0.15) is 0 Å². The third kappa shape index (κ3) is 12.8. The third-order valence-corrected chi connectivity index (χ3v) is 3.40. The first-order valence-electron chi connectivity index (χ1n) is 8.16. The van der Waals surface area contributed by atoms with Gasteiger partial charge in [0.2, 0.25) is 0 Å². The summed E-state index contributed by atoms with van der Waals surface area (Å²) in [5.41, 5.74) is 2.27. The fraction of sp³-hybridized carbons (Fsp3) is 0.550. The molecule has 0 aromatic rings. The van der Waals surface area contributed by atoms with Crippen LogP contribution in [0.15, 0.2) is 47.1 Å². The quantitative estimate of drug-likeness (QED) is 0.467. The molecule has 3 heteroatoms. The van der Waals surface area contributed by atoms with Crippen LogP contribution in [0.1, 0.15) is 60.3 Å². The molecule has 0 rings (SSSR count). The van der Waals surface area contributed by atoms with Crippen LogP contribution < -0.4 is 0 Å². The second-order valence-corrected chi connectivity index (χ2v) is 6.65. The standard InChI is InChI=1S/C20H32O3/c1-16(2)14-19(22)15-18(4)9-7-12-20(5,23)11-6-8-17(3)10-13-21/h6,9-11,14,21,23H,7-8,12-13,15H2,1-5H3/b11-6+,17-10+,18-9+. The average Bonchev–Trinajstić information content (AvgIpc) is 2.36. The average molecular weight is 320 g/mol. The van der Waals surface area contributed by atoms with Crippen LogP contribution >= 0.6 is 0 Å². The highest BCUT2D eigenvalue weighted by Crippen LogP contribution is 2.17. The van der Waals surface area contributed by atoms with Crippen molar-refractivity contribution in [1.82, 2.24) is 0 Å². The number of hydrogen-bond donors (Lipinski definition) is 2. The van der Waals surface area contributed by atoms with Crippen molar-refractivity contribution in [2.24, 2.45) is 0 Å². The smallest absolute Gasteiger partial charge is 0.159 e. The second kappa shape index (κ2) is 11.1. The Morgan fingerprint density at radius 2 is 1.74 bits per heavy atom. The number of carbonyl (C=O) groups is 1. The normalized spacial score (nSPS) is 15.6. The van der Waals surface area contributed by atoms with E-state index in [0.717, 1.165) is 29.6 Å². The van der Waals surface area contributed by atoms with Gasteiger partial charge in [0.1, 0.15) is 0 Å². The zero-order chi connectivity index (χ0) is 17.9. The minimum atomic E-state index is -0.861. The lowest BCUT2D eigenvalue weighted by atomic mass is 9.97. The van der Waals surface area contributed by atoms with Crippen molar-refractivity contribution in [3.63, 3.8) is 0 Å². The summed E-state index contributed by atoms with van der Waals surface area (Å²) in [6, 6.07) is 0. The zero-order valence-corrected chi connectivity index (χ0v) is 15.2. The lowest BCUT2D eigenvalue weighted by molar-refractivity contribution is -0.114. The molecule has 0 aliphatic heterocycles. The molecular formula is C20H32O3. The Kier molecular flexibility index (Phi) is 10.4. The van der Waals surface area contributed by atoms with Crippen molar-refractivity contribution in [3.8, 4) is 0 Å². The van der Waals surface area contributed by atoms with E-state index >= 15 is 0 Å². The van der Waals surface area contributed by atoms with E-state index in [0.29, 0.717) is 12.8 Å². The maximum absolute atomic E-state index is 11.7. The predicted octanol–water partition coefficient (Wildman–Crippen LogP) is 4.27. The minimum Gasteiger partial charge on any atom is -0.392 e. The second-order valence-electron chi connectivity index (χ2n) is 6.65. The van der Waals surface area contributed by atoms with E-state index in [1.165, 1.54) is 0 Å². The molecule has 130 valence electrons. The molecule has 0 bridgehead atoms. The van der Waals surface area contributed by atoms with E-state index < -0.39 is 5.60 Å². The first kappa shape index (κ1) is 21.6. The Morgan fingerprint density at radius 1 is 1.09 bits per heavy atom. The SMILES string of the molecule is CC(C)=CC(=O)C/C(C)=C/CCC(C)(O)/C=C/C/C(C)=C/CO. The Balaban J connectivity index is 4.34. The number of hydrogen-bond acceptors (Lipinski definition) is 3. The molecule has 0 saturated heterocycles. The van der Waals surface area contributed by atoms with Gasteiger partial charge < -0.3 is 10.2 Å². The molecule has 0 fully saturated rings. The van der Waals surface area contributed by atoms with Gasteiger partial charge in [-0.05, 0) is 60.0 Å². The van der Waals surface area contributed by atoms with Crippen molar-refractivity contribution in [3.05, 3.63) is 47.1 Å². The highest BCUT2D eigenvalue weighted by molar-refractivity contribution is 5.91. The number of rotatable bonds is 10. The summed E-state index contributed by atoms with van der Waals surface area (Å²) in [7, 11) is 0. The van der Waals surface area contributed by atoms with Crippen LogP contribution in [0.2, 0.25) is 0 Å². The molecule has 0 amide bonds. The van der Waals surface area contributed by atoms with Gasteiger partial charge in [-0.25, -0.2) is 0 Å². The monoisotopic (exact) mass is 320 g/mol. The van der Waals surface area contributed by atoms with E-state index in [-0.39, 0.29) is 12.4 Å². The molecule has 1 unspecified atom stereocenters. The molecule has 0 radical (unpaired) electrons. The summed E-state index contributed by atoms with van der Waals surface area (Å²) in [6.07, 6.45) is 11.7. The van der Waals surface area contributed by atoms with Crippen LogP contribution in [0.3, 0.4) is 0 Å². The topological polar surface area (TPSA) is 57.5 Å². The van der Waals surface area contributed by atoms with Gasteiger partial charge in [0.15, 0.2) is 5.78 Å². The molecule has 0 aromatic carbocycles. The van der Waals surface area contributed by atoms with E-state index in [1.807, 2.05) is 39.8 Å². The number of allylic oxidation sites excluding steroid dienone is 6. The first-order chi connectivity index (χ1) is 10.7. The van der Waals surface area contributed by atoms with Crippen LogP contribution in [-0.2, 0) is 4.79 Å². The number of aliphatic hydroxyl groups excluding tert-OH is 1. The highest BCUT2D eigenvalue weighted by Gasteiger charge is 2.14. The summed E-state index contributed by atoms with van der Waals surface area (Å²) in [6.45, 7) is 9.56. The van der Waals surface area contributed by atoms with E-state index in [9.17, 15) is 9.90 Å². The van der Waals surface area contributed by atoms with Crippen LogP contribution in [0.25, 0.3) is 0 Å². The van der Waals surface area contributed by atoms with Gasteiger partial charge in [0.05, 0.1) is 12.2 Å². The molecule has 1 atom stereocenters.